The summed E-state index contributed by atoms with van der Waals surface area (Å²) in [4.78, 5) is 13.3. The van der Waals surface area contributed by atoms with Crippen molar-refractivity contribution in [3.05, 3.63) is 23.8 Å². The van der Waals surface area contributed by atoms with Gasteiger partial charge in [0.1, 0.15) is 24.2 Å². The number of ether oxygens (including phenoxy) is 2. The Morgan fingerprint density at radius 3 is 2.57 bits per heavy atom. The van der Waals surface area contributed by atoms with E-state index in [0.29, 0.717) is 24.7 Å². The Hall–Kier alpha value is -0.970. The molecule has 0 heterocycles. The van der Waals surface area contributed by atoms with Crippen LogP contribution in [0.15, 0.2) is 18.2 Å². The summed E-state index contributed by atoms with van der Waals surface area (Å²) in [5, 5.41) is 0. The van der Waals surface area contributed by atoms with Crippen molar-refractivity contribution in [1.82, 2.24) is 0 Å². The third kappa shape index (κ3) is 5.38. The van der Waals surface area contributed by atoms with Gasteiger partial charge in [-0.1, -0.05) is 12.1 Å². The summed E-state index contributed by atoms with van der Waals surface area (Å²) in [5.41, 5.74) is 1.55. The molecule has 118 valence electrons. The first kappa shape index (κ1) is 18.1. The number of benzene rings is 1. The van der Waals surface area contributed by atoms with Crippen LogP contribution in [-0.2, 0) is 9.53 Å². The van der Waals surface area contributed by atoms with Gasteiger partial charge < -0.3 is 9.47 Å². The molecule has 0 radical (unpaired) electrons. The molecule has 0 saturated carbocycles. The van der Waals surface area contributed by atoms with Crippen LogP contribution in [0, 0.1) is 6.92 Å². The quantitative estimate of drug-likeness (QED) is 0.414. The highest BCUT2D eigenvalue weighted by Gasteiger charge is 2.20. The van der Waals surface area contributed by atoms with Crippen LogP contribution < -0.4 is 9.64 Å². The fourth-order valence-electron chi connectivity index (χ4n) is 1.85. The molecule has 4 nitrogen and oxygen atoms in total. The van der Waals surface area contributed by atoms with Crippen molar-refractivity contribution in [3.8, 4) is 5.75 Å². The SMILES string of the molecule is Cc1cccc(OCCOC(C)C)c1N(CCl)C(=O)CCl. The number of nitrogens with zero attached hydrogens (tertiary/aromatic N) is 1. The van der Waals surface area contributed by atoms with Crippen LogP contribution in [-0.4, -0.2) is 37.1 Å². The van der Waals surface area contributed by atoms with E-state index in [4.69, 9.17) is 32.7 Å². The minimum Gasteiger partial charge on any atom is -0.489 e. The number of para-hydroxylation sites is 1. The van der Waals surface area contributed by atoms with Crippen LogP contribution in [0.5, 0.6) is 5.75 Å². The van der Waals surface area contributed by atoms with Gasteiger partial charge in [-0.3, -0.25) is 9.69 Å². The molecule has 0 aliphatic heterocycles. The van der Waals surface area contributed by atoms with Crippen molar-refractivity contribution in [2.45, 2.75) is 26.9 Å². The fraction of sp³-hybridized carbons (Fsp3) is 0.533. The molecular formula is C15H21Cl2NO3. The molecule has 1 rings (SSSR count). The van der Waals surface area contributed by atoms with Crippen LogP contribution in [0.1, 0.15) is 19.4 Å². The van der Waals surface area contributed by atoms with Gasteiger partial charge in [0.25, 0.3) is 0 Å². The highest BCUT2D eigenvalue weighted by molar-refractivity contribution is 6.31. The zero-order chi connectivity index (χ0) is 15.8. The van der Waals surface area contributed by atoms with Gasteiger partial charge in [0.2, 0.25) is 5.91 Å². The third-order valence-corrected chi connectivity index (χ3v) is 3.27. The van der Waals surface area contributed by atoms with Gasteiger partial charge in [0, 0.05) is 0 Å². The molecule has 1 amide bonds. The van der Waals surface area contributed by atoms with Gasteiger partial charge in [-0.05, 0) is 32.4 Å². The van der Waals surface area contributed by atoms with E-state index in [-0.39, 0.29) is 23.9 Å². The average Bonchev–Trinajstić information content (AvgIpc) is 2.46. The summed E-state index contributed by atoms with van der Waals surface area (Å²) in [5.74, 6) is 0.211. The van der Waals surface area contributed by atoms with E-state index >= 15 is 0 Å². The minimum absolute atomic E-state index is 0.0231. The van der Waals surface area contributed by atoms with Crippen molar-refractivity contribution in [2.24, 2.45) is 0 Å². The number of alkyl halides is 2. The number of anilines is 1. The monoisotopic (exact) mass is 333 g/mol. The van der Waals surface area contributed by atoms with E-state index in [0.717, 1.165) is 5.56 Å². The molecule has 0 fully saturated rings. The average molecular weight is 334 g/mol. The number of carbonyl (C=O) groups excluding carboxylic acids is 1. The lowest BCUT2D eigenvalue weighted by atomic mass is 10.1. The van der Waals surface area contributed by atoms with Crippen LogP contribution in [0.4, 0.5) is 5.69 Å². The molecule has 0 saturated heterocycles. The standard InChI is InChI=1S/C15H21Cl2NO3/c1-11(2)20-7-8-21-13-6-4-5-12(3)15(13)18(10-17)14(19)9-16/h4-6,11H,7-10H2,1-3H3. The number of amides is 1. The third-order valence-electron chi connectivity index (χ3n) is 2.80. The largest absolute Gasteiger partial charge is 0.489 e. The molecule has 0 atom stereocenters. The predicted octanol–water partition coefficient (Wildman–Crippen LogP) is 3.57. The second-order valence-corrected chi connectivity index (χ2v) is 5.27. The lowest BCUT2D eigenvalue weighted by molar-refractivity contribution is -0.116. The Morgan fingerprint density at radius 1 is 1.29 bits per heavy atom. The summed E-state index contributed by atoms with van der Waals surface area (Å²) < 4.78 is 11.2. The van der Waals surface area contributed by atoms with E-state index < -0.39 is 0 Å². The molecule has 0 aliphatic carbocycles. The topological polar surface area (TPSA) is 38.8 Å². The molecule has 0 aliphatic rings. The molecule has 1 aromatic carbocycles. The number of hydrogen-bond donors (Lipinski definition) is 0. The normalized spacial score (nSPS) is 10.8. The summed E-state index contributed by atoms with van der Waals surface area (Å²) in [6.07, 6.45) is 0.155. The first-order chi connectivity index (χ1) is 10.0. The van der Waals surface area contributed by atoms with Gasteiger partial charge in [-0.2, -0.15) is 0 Å². The number of rotatable bonds is 8. The second-order valence-electron chi connectivity index (χ2n) is 4.76. The van der Waals surface area contributed by atoms with Crippen molar-refractivity contribution in [3.63, 3.8) is 0 Å². The maximum atomic E-state index is 11.9. The van der Waals surface area contributed by atoms with Crippen LogP contribution in [0.25, 0.3) is 0 Å². The number of aryl methyl sites for hydroxylation is 1. The molecule has 21 heavy (non-hydrogen) atoms. The van der Waals surface area contributed by atoms with E-state index in [1.54, 1.807) is 6.07 Å². The van der Waals surface area contributed by atoms with Gasteiger partial charge in [-0.15, -0.1) is 23.2 Å². The van der Waals surface area contributed by atoms with Gasteiger partial charge in [0.05, 0.1) is 18.4 Å². The smallest absolute Gasteiger partial charge is 0.243 e. The number of hydrogen-bond acceptors (Lipinski definition) is 3. The predicted molar refractivity (Wildman–Crippen MR) is 86.7 cm³/mol. The Kier molecular flexibility index (Phi) is 7.86. The lowest BCUT2D eigenvalue weighted by Gasteiger charge is -2.24. The zero-order valence-corrected chi connectivity index (χ0v) is 14.1. The Labute approximate surface area is 135 Å². The molecule has 0 bridgehead atoms. The van der Waals surface area contributed by atoms with Crippen molar-refractivity contribution in [2.75, 3.05) is 30.0 Å². The summed E-state index contributed by atoms with van der Waals surface area (Å²) >= 11 is 11.5. The van der Waals surface area contributed by atoms with Crippen molar-refractivity contribution < 1.29 is 14.3 Å². The Balaban J connectivity index is 2.89. The van der Waals surface area contributed by atoms with Crippen LogP contribution >= 0.6 is 23.2 Å². The summed E-state index contributed by atoms with van der Waals surface area (Å²) in [6, 6.07) is 5.59. The first-order valence-corrected chi connectivity index (χ1v) is 7.84. The van der Waals surface area contributed by atoms with Gasteiger partial charge in [0.15, 0.2) is 0 Å². The van der Waals surface area contributed by atoms with Gasteiger partial charge >= 0.3 is 0 Å². The van der Waals surface area contributed by atoms with Crippen LogP contribution in [0.2, 0.25) is 0 Å². The molecule has 6 heteroatoms. The highest BCUT2D eigenvalue weighted by atomic mass is 35.5. The molecule has 1 aromatic rings. The number of halogens is 2. The van der Waals surface area contributed by atoms with Crippen molar-refractivity contribution in [1.29, 1.82) is 0 Å². The molecular weight excluding hydrogens is 313 g/mol. The Bertz CT molecular complexity index is 466. The van der Waals surface area contributed by atoms with E-state index in [1.165, 1.54) is 4.90 Å². The lowest BCUT2D eigenvalue weighted by Crippen LogP contribution is -2.31. The summed E-state index contributed by atoms with van der Waals surface area (Å²) in [7, 11) is 0. The maximum absolute atomic E-state index is 11.9. The van der Waals surface area contributed by atoms with Gasteiger partial charge in [-0.25, -0.2) is 0 Å². The van der Waals surface area contributed by atoms with E-state index in [2.05, 4.69) is 0 Å². The first-order valence-electron chi connectivity index (χ1n) is 6.77. The number of carbonyl (C=O) groups is 1. The summed E-state index contributed by atoms with van der Waals surface area (Å²) in [6.45, 7) is 6.71. The zero-order valence-electron chi connectivity index (χ0n) is 12.6. The molecule has 0 spiro atoms. The molecule has 0 unspecified atom stereocenters. The van der Waals surface area contributed by atoms with E-state index in [9.17, 15) is 4.79 Å². The fourth-order valence-corrected chi connectivity index (χ4v) is 2.25. The van der Waals surface area contributed by atoms with Crippen LogP contribution in [0.3, 0.4) is 0 Å². The van der Waals surface area contributed by atoms with E-state index in [1.807, 2.05) is 32.9 Å². The Morgan fingerprint density at radius 2 is 2.00 bits per heavy atom. The molecule has 0 aromatic heterocycles. The second kappa shape index (κ2) is 9.13. The molecule has 0 N–H and O–H groups in total. The maximum Gasteiger partial charge on any atom is 0.243 e. The highest BCUT2D eigenvalue weighted by Crippen LogP contribution is 2.32. The van der Waals surface area contributed by atoms with Crippen molar-refractivity contribution >= 4 is 34.8 Å². The minimum atomic E-state index is -0.260.